The molecule has 4 rings (SSSR count). The van der Waals surface area contributed by atoms with E-state index in [1.807, 2.05) is 42.2 Å². The first-order valence-corrected chi connectivity index (χ1v) is 9.85. The molecule has 2 aromatic carbocycles. The van der Waals surface area contributed by atoms with Crippen molar-refractivity contribution in [3.63, 3.8) is 0 Å². The molecule has 0 unspecified atom stereocenters. The Morgan fingerprint density at radius 3 is 2.41 bits per heavy atom. The van der Waals surface area contributed by atoms with E-state index < -0.39 is 6.04 Å². The number of benzene rings is 2. The molecule has 0 saturated carbocycles. The third kappa shape index (κ3) is 3.61. The molecule has 0 spiro atoms. The van der Waals surface area contributed by atoms with Crippen LogP contribution < -0.4 is 0 Å². The summed E-state index contributed by atoms with van der Waals surface area (Å²) in [4.78, 5) is 29.3. The van der Waals surface area contributed by atoms with E-state index in [1.165, 1.54) is 5.56 Å². The van der Waals surface area contributed by atoms with E-state index in [0.29, 0.717) is 12.5 Å². The zero-order chi connectivity index (χ0) is 18.8. The summed E-state index contributed by atoms with van der Waals surface area (Å²) in [5, 5.41) is 0. The number of hydrogen-bond donors (Lipinski definition) is 0. The van der Waals surface area contributed by atoms with Crippen LogP contribution in [-0.2, 0) is 17.8 Å². The number of carbonyl (C=O) groups is 2. The van der Waals surface area contributed by atoms with Crippen molar-refractivity contribution in [3.8, 4) is 0 Å². The van der Waals surface area contributed by atoms with Gasteiger partial charge in [0, 0.05) is 25.2 Å². The highest BCUT2D eigenvalue weighted by molar-refractivity contribution is 6.01. The van der Waals surface area contributed by atoms with Gasteiger partial charge in [-0.05, 0) is 49.3 Å². The van der Waals surface area contributed by atoms with E-state index in [1.54, 1.807) is 4.90 Å². The quantitative estimate of drug-likeness (QED) is 0.835. The van der Waals surface area contributed by atoms with Crippen LogP contribution >= 0.6 is 0 Å². The molecule has 2 aliphatic rings. The molecular weight excluding hydrogens is 336 g/mol. The van der Waals surface area contributed by atoms with Gasteiger partial charge in [-0.3, -0.25) is 9.59 Å². The van der Waals surface area contributed by atoms with E-state index in [4.69, 9.17) is 0 Å². The maximum absolute atomic E-state index is 13.0. The lowest BCUT2D eigenvalue weighted by Gasteiger charge is -2.35. The van der Waals surface area contributed by atoms with Gasteiger partial charge in [-0.2, -0.15) is 0 Å². The van der Waals surface area contributed by atoms with Crippen molar-refractivity contribution in [1.29, 1.82) is 0 Å². The summed E-state index contributed by atoms with van der Waals surface area (Å²) in [5.41, 5.74) is 3.12. The molecule has 2 heterocycles. The molecule has 0 bridgehead atoms. The van der Waals surface area contributed by atoms with Crippen LogP contribution in [0.1, 0.15) is 41.3 Å². The Morgan fingerprint density at radius 2 is 1.70 bits per heavy atom. The largest absolute Gasteiger partial charge is 0.341 e. The van der Waals surface area contributed by atoms with E-state index in [2.05, 4.69) is 24.3 Å². The zero-order valence-corrected chi connectivity index (χ0v) is 15.8. The summed E-state index contributed by atoms with van der Waals surface area (Å²) in [6.45, 7) is 3.97. The summed E-state index contributed by atoms with van der Waals surface area (Å²) in [7, 11) is 0. The van der Waals surface area contributed by atoms with Gasteiger partial charge in [0.2, 0.25) is 5.91 Å². The third-order valence-corrected chi connectivity index (χ3v) is 5.97. The Kier molecular flexibility index (Phi) is 4.97. The van der Waals surface area contributed by atoms with Gasteiger partial charge in [-0.1, -0.05) is 48.5 Å². The highest BCUT2D eigenvalue weighted by Gasteiger charge is 2.36. The third-order valence-electron chi connectivity index (χ3n) is 5.97. The first-order valence-electron chi connectivity index (χ1n) is 9.85. The minimum Gasteiger partial charge on any atom is -0.341 e. The molecule has 0 N–H and O–H groups in total. The Bertz CT molecular complexity index is 825. The average molecular weight is 362 g/mol. The molecule has 4 nitrogen and oxygen atoms in total. The first-order chi connectivity index (χ1) is 13.1. The highest BCUT2D eigenvalue weighted by atomic mass is 16.2. The van der Waals surface area contributed by atoms with Crippen molar-refractivity contribution in [2.45, 2.75) is 38.8 Å². The molecular formula is C23H26N2O2. The first kappa shape index (κ1) is 17.8. The highest BCUT2D eigenvalue weighted by Crippen LogP contribution is 2.27. The van der Waals surface area contributed by atoms with Crippen molar-refractivity contribution < 1.29 is 9.59 Å². The number of hydrogen-bond acceptors (Lipinski definition) is 2. The topological polar surface area (TPSA) is 40.6 Å². The van der Waals surface area contributed by atoms with Crippen LogP contribution in [0, 0.1) is 5.92 Å². The van der Waals surface area contributed by atoms with Crippen LogP contribution in [0.3, 0.4) is 0 Å². The molecule has 0 aromatic heterocycles. The molecule has 140 valence electrons. The van der Waals surface area contributed by atoms with Gasteiger partial charge in [0.1, 0.15) is 6.04 Å². The normalized spacial score (nSPS) is 18.5. The fraction of sp³-hybridized carbons (Fsp3) is 0.391. The number of fused-ring (bicyclic) bond motifs is 1. The summed E-state index contributed by atoms with van der Waals surface area (Å²) in [6.07, 6.45) is 3.14. The van der Waals surface area contributed by atoms with Gasteiger partial charge in [-0.25, -0.2) is 0 Å². The van der Waals surface area contributed by atoms with Gasteiger partial charge in [0.15, 0.2) is 0 Å². The number of carbonyl (C=O) groups excluding carboxylic acids is 2. The summed E-state index contributed by atoms with van der Waals surface area (Å²) in [6, 6.07) is 17.8. The van der Waals surface area contributed by atoms with Gasteiger partial charge in [0.05, 0.1) is 0 Å². The van der Waals surface area contributed by atoms with Crippen molar-refractivity contribution >= 4 is 11.8 Å². The Labute approximate surface area is 160 Å². The Morgan fingerprint density at radius 1 is 1.04 bits per heavy atom. The molecule has 27 heavy (non-hydrogen) atoms. The predicted molar refractivity (Wildman–Crippen MR) is 105 cm³/mol. The van der Waals surface area contributed by atoms with Gasteiger partial charge < -0.3 is 9.80 Å². The average Bonchev–Trinajstić information content (AvgIpc) is 3.05. The fourth-order valence-electron chi connectivity index (χ4n) is 4.29. The van der Waals surface area contributed by atoms with Crippen LogP contribution in [0.2, 0.25) is 0 Å². The minimum atomic E-state index is -0.407. The van der Waals surface area contributed by atoms with Crippen molar-refractivity contribution in [2.24, 2.45) is 5.92 Å². The lowest BCUT2D eigenvalue weighted by molar-refractivity contribution is -0.137. The number of amides is 2. The second-order valence-corrected chi connectivity index (χ2v) is 7.72. The molecule has 2 amide bonds. The molecule has 2 aromatic rings. The molecule has 1 saturated heterocycles. The number of rotatable bonds is 4. The molecule has 2 aliphatic heterocycles. The second kappa shape index (κ2) is 7.55. The maximum atomic E-state index is 13.0. The maximum Gasteiger partial charge on any atom is 0.255 e. The van der Waals surface area contributed by atoms with Gasteiger partial charge in [-0.15, -0.1) is 0 Å². The summed E-state index contributed by atoms with van der Waals surface area (Å²) in [5.74, 6) is 0.684. The van der Waals surface area contributed by atoms with Gasteiger partial charge >= 0.3 is 0 Å². The van der Waals surface area contributed by atoms with E-state index >= 15 is 0 Å². The Hall–Kier alpha value is -2.62. The second-order valence-electron chi connectivity index (χ2n) is 7.72. The molecule has 1 fully saturated rings. The molecule has 1 atom stereocenters. The molecule has 0 aliphatic carbocycles. The smallest absolute Gasteiger partial charge is 0.255 e. The number of likely N-dealkylation sites (tertiary alicyclic amines) is 1. The predicted octanol–water partition coefficient (Wildman–Crippen LogP) is 3.51. The SMILES string of the molecule is C[C@@H](C(=O)N1CCC(Cc2ccccc2)CC1)N1Cc2ccccc2C1=O. The van der Waals surface area contributed by atoms with Crippen LogP contribution in [0.15, 0.2) is 54.6 Å². The number of nitrogens with zero attached hydrogens (tertiary/aromatic N) is 2. The van der Waals surface area contributed by atoms with Crippen molar-refractivity contribution in [2.75, 3.05) is 13.1 Å². The van der Waals surface area contributed by atoms with Crippen LogP contribution in [0.5, 0.6) is 0 Å². The molecule has 4 heteroatoms. The van der Waals surface area contributed by atoms with Crippen molar-refractivity contribution in [1.82, 2.24) is 9.80 Å². The van der Waals surface area contributed by atoms with Crippen LogP contribution in [-0.4, -0.2) is 40.7 Å². The van der Waals surface area contributed by atoms with E-state index in [9.17, 15) is 9.59 Å². The van der Waals surface area contributed by atoms with Crippen molar-refractivity contribution in [3.05, 3.63) is 71.3 Å². The van der Waals surface area contributed by atoms with E-state index in [0.717, 1.165) is 43.5 Å². The van der Waals surface area contributed by atoms with Crippen LogP contribution in [0.4, 0.5) is 0 Å². The van der Waals surface area contributed by atoms with E-state index in [-0.39, 0.29) is 11.8 Å². The fourth-order valence-corrected chi connectivity index (χ4v) is 4.29. The minimum absolute atomic E-state index is 0.0228. The summed E-state index contributed by atoms with van der Waals surface area (Å²) < 4.78 is 0. The monoisotopic (exact) mass is 362 g/mol. The Balaban J connectivity index is 1.34. The summed E-state index contributed by atoms with van der Waals surface area (Å²) >= 11 is 0. The number of piperidine rings is 1. The standard InChI is InChI=1S/C23H26N2O2/c1-17(25-16-20-9-5-6-10-21(20)23(25)27)22(26)24-13-11-19(12-14-24)15-18-7-3-2-4-8-18/h2-10,17,19H,11-16H2,1H3/t17-/m0/s1. The lowest BCUT2D eigenvalue weighted by Crippen LogP contribution is -2.49. The zero-order valence-electron chi connectivity index (χ0n) is 15.8. The lowest BCUT2D eigenvalue weighted by atomic mass is 9.90. The van der Waals surface area contributed by atoms with Gasteiger partial charge in [0.25, 0.3) is 5.91 Å². The van der Waals surface area contributed by atoms with Crippen LogP contribution in [0.25, 0.3) is 0 Å². The molecule has 0 radical (unpaired) electrons.